The summed E-state index contributed by atoms with van der Waals surface area (Å²) in [6.07, 6.45) is 1.48. The summed E-state index contributed by atoms with van der Waals surface area (Å²) in [5.41, 5.74) is 3.09. The van der Waals surface area contributed by atoms with Crippen LogP contribution in [0.25, 0.3) is 0 Å². The van der Waals surface area contributed by atoms with Crippen LogP contribution in [-0.4, -0.2) is 14.5 Å². The number of rotatable bonds is 7. The fourth-order valence-electron chi connectivity index (χ4n) is 2.37. The van der Waals surface area contributed by atoms with Crippen molar-refractivity contribution in [1.29, 1.82) is 0 Å². The van der Waals surface area contributed by atoms with Crippen molar-refractivity contribution in [1.82, 2.24) is 4.72 Å². The van der Waals surface area contributed by atoms with Crippen molar-refractivity contribution in [3.8, 4) is 0 Å². The van der Waals surface area contributed by atoms with Crippen molar-refractivity contribution in [2.75, 3.05) is 0 Å². The lowest BCUT2D eigenvalue weighted by Gasteiger charge is -2.17. The lowest BCUT2D eigenvalue weighted by Crippen LogP contribution is -2.36. The first kappa shape index (κ1) is 16.7. The molecule has 0 fully saturated rings. The van der Waals surface area contributed by atoms with Gasteiger partial charge in [0, 0.05) is 6.04 Å². The second-order valence-electron chi connectivity index (χ2n) is 5.66. The van der Waals surface area contributed by atoms with E-state index in [1.807, 2.05) is 68.4 Å². The predicted octanol–water partition coefficient (Wildman–Crippen LogP) is 3.44. The zero-order valence-corrected chi connectivity index (χ0v) is 13.9. The highest BCUT2D eigenvalue weighted by Gasteiger charge is 2.17. The summed E-state index contributed by atoms with van der Waals surface area (Å²) in [6, 6.07) is 17.5. The minimum absolute atomic E-state index is 0.0264. The Hall–Kier alpha value is -1.65. The van der Waals surface area contributed by atoms with Gasteiger partial charge in [-0.05, 0) is 30.9 Å². The SMILES string of the molecule is CCC(Cc1ccccc1)NS(=O)(=O)Cc1ccc(C)cc1. The second-order valence-corrected chi connectivity index (χ2v) is 7.41. The third kappa shape index (κ3) is 5.28. The summed E-state index contributed by atoms with van der Waals surface area (Å²) < 4.78 is 27.5. The molecule has 1 N–H and O–H groups in total. The van der Waals surface area contributed by atoms with Gasteiger partial charge in [-0.15, -0.1) is 0 Å². The quantitative estimate of drug-likeness (QED) is 0.850. The fourth-order valence-corrected chi connectivity index (χ4v) is 3.84. The fraction of sp³-hybridized carbons (Fsp3) is 0.333. The molecular formula is C18H23NO2S. The standard InChI is InChI=1S/C18H23NO2S/c1-3-18(13-16-7-5-4-6-8-16)19-22(20,21)14-17-11-9-15(2)10-12-17/h4-12,18-19H,3,13-14H2,1-2H3. The molecule has 118 valence electrons. The van der Waals surface area contributed by atoms with E-state index in [4.69, 9.17) is 0 Å². The lowest BCUT2D eigenvalue weighted by atomic mass is 10.1. The van der Waals surface area contributed by atoms with Crippen molar-refractivity contribution in [2.45, 2.75) is 38.5 Å². The first-order valence-corrected chi connectivity index (χ1v) is 9.23. The van der Waals surface area contributed by atoms with Gasteiger partial charge in [-0.3, -0.25) is 0 Å². The predicted molar refractivity (Wildman–Crippen MR) is 91.2 cm³/mol. The molecule has 0 aromatic heterocycles. The molecule has 0 aliphatic carbocycles. The molecule has 1 atom stereocenters. The van der Waals surface area contributed by atoms with Gasteiger partial charge in [-0.2, -0.15) is 0 Å². The van der Waals surface area contributed by atoms with E-state index in [2.05, 4.69) is 4.72 Å². The summed E-state index contributed by atoms with van der Waals surface area (Å²) in [7, 11) is -3.33. The first-order valence-electron chi connectivity index (χ1n) is 7.58. The van der Waals surface area contributed by atoms with Crippen LogP contribution in [-0.2, 0) is 22.2 Å². The van der Waals surface area contributed by atoms with Gasteiger partial charge in [0.25, 0.3) is 0 Å². The molecular weight excluding hydrogens is 294 g/mol. The number of hydrogen-bond donors (Lipinski definition) is 1. The molecule has 0 amide bonds. The van der Waals surface area contributed by atoms with Crippen LogP contribution in [0.15, 0.2) is 54.6 Å². The molecule has 0 saturated heterocycles. The number of aryl methyl sites for hydroxylation is 1. The molecule has 4 heteroatoms. The Kier molecular flexibility index (Phi) is 5.75. The number of benzene rings is 2. The van der Waals surface area contributed by atoms with Crippen LogP contribution in [0.5, 0.6) is 0 Å². The molecule has 0 heterocycles. The normalized spacial score (nSPS) is 13.0. The van der Waals surface area contributed by atoms with Crippen LogP contribution in [0.1, 0.15) is 30.0 Å². The lowest BCUT2D eigenvalue weighted by molar-refractivity contribution is 0.536. The van der Waals surface area contributed by atoms with Crippen molar-refractivity contribution >= 4 is 10.0 Å². The summed E-state index contributed by atoms with van der Waals surface area (Å²) in [5.74, 6) is 0.0264. The van der Waals surface area contributed by atoms with E-state index in [-0.39, 0.29) is 11.8 Å². The maximum atomic E-state index is 12.3. The van der Waals surface area contributed by atoms with E-state index < -0.39 is 10.0 Å². The Morgan fingerprint density at radius 3 is 2.18 bits per heavy atom. The van der Waals surface area contributed by atoms with E-state index in [1.165, 1.54) is 0 Å². The average molecular weight is 317 g/mol. The van der Waals surface area contributed by atoms with Gasteiger partial charge in [0.05, 0.1) is 5.75 Å². The Balaban J connectivity index is 2.01. The average Bonchev–Trinajstić information content (AvgIpc) is 2.49. The smallest absolute Gasteiger partial charge is 0.212 e. The summed E-state index contributed by atoms with van der Waals surface area (Å²) in [5, 5.41) is 0. The van der Waals surface area contributed by atoms with Crippen molar-refractivity contribution in [2.24, 2.45) is 0 Å². The molecule has 1 unspecified atom stereocenters. The van der Waals surface area contributed by atoms with E-state index in [0.29, 0.717) is 6.42 Å². The molecule has 2 rings (SSSR count). The van der Waals surface area contributed by atoms with Crippen molar-refractivity contribution in [3.63, 3.8) is 0 Å². The van der Waals surface area contributed by atoms with Crippen LogP contribution < -0.4 is 4.72 Å². The Morgan fingerprint density at radius 1 is 0.955 bits per heavy atom. The molecule has 2 aromatic carbocycles. The molecule has 0 spiro atoms. The van der Waals surface area contributed by atoms with Gasteiger partial charge in [0.15, 0.2) is 0 Å². The van der Waals surface area contributed by atoms with E-state index in [1.54, 1.807) is 0 Å². The maximum absolute atomic E-state index is 12.3. The molecule has 0 radical (unpaired) electrons. The number of nitrogens with one attached hydrogen (secondary N) is 1. The van der Waals surface area contributed by atoms with Gasteiger partial charge < -0.3 is 0 Å². The second kappa shape index (κ2) is 7.56. The molecule has 0 aliphatic heterocycles. The highest BCUT2D eigenvalue weighted by atomic mass is 32.2. The maximum Gasteiger partial charge on any atom is 0.216 e. The monoisotopic (exact) mass is 317 g/mol. The molecule has 22 heavy (non-hydrogen) atoms. The number of sulfonamides is 1. The molecule has 0 saturated carbocycles. The Labute approximate surface area is 133 Å². The van der Waals surface area contributed by atoms with Crippen LogP contribution in [0.2, 0.25) is 0 Å². The van der Waals surface area contributed by atoms with Gasteiger partial charge in [0.2, 0.25) is 10.0 Å². The Bertz CT molecular complexity index is 679. The van der Waals surface area contributed by atoms with Crippen molar-refractivity contribution < 1.29 is 8.42 Å². The van der Waals surface area contributed by atoms with E-state index in [0.717, 1.165) is 23.1 Å². The largest absolute Gasteiger partial charge is 0.216 e. The van der Waals surface area contributed by atoms with Gasteiger partial charge in [-0.1, -0.05) is 67.1 Å². The van der Waals surface area contributed by atoms with Crippen molar-refractivity contribution in [3.05, 3.63) is 71.3 Å². The van der Waals surface area contributed by atoms with E-state index in [9.17, 15) is 8.42 Å². The third-order valence-corrected chi connectivity index (χ3v) is 5.05. The highest BCUT2D eigenvalue weighted by molar-refractivity contribution is 7.88. The number of hydrogen-bond acceptors (Lipinski definition) is 2. The van der Waals surface area contributed by atoms with Crippen LogP contribution in [0, 0.1) is 6.92 Å². The minimum atomic E-state index is -3.33. The molecule has 0 bridgehead atoms. The highest BCUT2D eigenvalue weighted by Crippen LogP contribution is 2.10. The Morgan fingerprint density at radius 2 is 1.59 bits per heavy atom. The van der Waals surface area contributed by atoms with Crippen LogP contribution in [0.4, 0.5) is 0 Å². The topological polar surface area (TPSA) is 46.2 Å². The summed E-state index contributed by atoms with van der Waals surface area (Å²) in [4.78, 5) is 0. The van der Waals surface area contributed by atoms with Gasteiger partial charge in [0.1, 0.15) is 0 Å². The summed E-state index contributed by atoms with van der Waals surface area (Å²) >= 11 is 0. The molecule has 3 nitrogen and oxygen atoms in total. The zero-order valence-electron chi connectivity index (χ0n) is 13.1. The van der Waals surface area contributed by atoms with Gasteiger partial charge in [-0.25, -0.2) is 13.1 Å². The van der Waals surface area contributed by atoms with Gasteiger partial charge >= 0.3 is 0 Å². The van der Waals surface area contributed by atoms with Crippen LogP contribution >= 0.6 is 0 Å². The first-order chi connectivity index (χ1) is 10.5. The summed E-state index contributed by atoms with van der Waals surface area (Å²) in [6.45, 7) is 3.99. The van der Waals surface area contributed by atoms with Crippen LogP contribution in [0.3, 0.4) is 0 Å². The molecule has 2 aromatic rings. The minimum Gasteiger partial charge on any atom is -0.212 e. The van der Waals surface area contributed by atoms with E-state index >= 15 is 0 Å². The molecule has 0 aliphatic rings. The third-order valence-electron chi connectivity index (χ3n) is 3.64. The zero-order chi connectivity index (χ0) is 16.0.